The number of benzene rings is 1. The van der Waals surface area contributed by atoms with Crippen molar-refractivity contribution in [2.75, 3.05) is 23.3 Å². The van der Waals surface area contributed by atoms with Gasteiger partial charge in [0.25, 0.3) is 5.91 Å². The Morgan fingerprint density at radius 2 is 1.96 bits per heavy atom. The molecule has 7 nitrogen and oxygen atoms in total. The number of carbonyl (C=O) groups is 1. The van der Waals surface area contributed by atoms with E-state index < -0.39 is 0 Å². The summed E-state index contributed by atoms with van der Waals surface area (Å²) in [5, 5.41) is 2.84. The van der Waals surface area contributed by atoms with Gasteiger partial charge in [-0.15, -0.1) is 0 Å². The Balaban J connectivity index is 1.50. The average Bonchev–Trinajstić information content (AvgIpc) is 3.10. The van der Waals surface area contributed by atoms with Crippen molar-refractivity contribution in [2.45, 2.75) is 19.8 Å². The first-order valence-electron chi connectivity index (χ1n) is 8.30. The summed E-state index contributed by atoms with van der Waals surface area (Å²) < 4.78 is 8.31. The normalized spacial score (nSPS) is 15.5. The van der Waals surface area contributed by atoms with Gasteiger partial charge in [-0.1, -0.05) is 6.92 Å². The molecule has 0 saturated carbocycles. The van der Waals surface area contributed by atoms with Gasteiger partial charge < -0.3 is 10.2 Å². The van der Waals surface area contributed by atoms with Crippen LogP contribution in [0.1, 0.15) is 30.1 Å². The van der Waals surface area contributed by atoms with Crippen LogP contribution < -0.4 is 10.2 Å². The molecule has 0 bridgehead atoms. The number of hydrogen-bond donors (Lipinski definition) is 1. The van der Waals surface area contributed by atoms with Crippen molar-refractivity contribution in [3.8, 4) is 0 Å². The molecular weight excluding hydrogens is 336 g/mol. The number of amides is 1. The summed E-state index contributed by atoms with van der Waals surface area (Å²) in [4.78, 5) is 23.2. The van der Waals surface area contributed by atoms with Gasteiger partial charge in [0, 0.05) is 24.7 Å². The molecule has 0 radical (unpaired) electrons. The Morgan fingerprint density at radius 1 is 1.16 bits per heavy atom. The molecule has 1 aliphatic rings. The molecule has 3 aromatic rings. The zero-order chi connectivity index (χ0) is 17.2. The third-order valence-corrected chi connectivity index (χ3v) is 5.07. The molecule has 4 rings (SSSR count). The Kier molecular flexibility index (Phi) is 4.27. The average molecular weight is 354 g/mol. The van der Waals surface area contributed by atoms with Gasteiger partial charge in [0.1, 0.15) is 29.0 Å². The Morgan fingerprint density at radius 3 is 2.80 bits per heavy atom. The predicted octanol–water partition coefficient (Wildman–Crippen LogP) is 2.97. The first-order valence-corrected chi connectivity index (χ1v) is 9.03. The fraction of sp³-hybridized carbons (Fsp3) is 0.353. The highest BCUT2D eigenvalue weighted by atomic mass is 32.1. The molecule has 1 aromatic carbocycles. The second-order valence-electron chi connectivity index (χ2n) is 6.35. The highest BCUT2D eigenvalue weighted by Crippen LogP contribution is 2.22. The summed E-state index contributed by atoms with van der Waals surface area (Å²) >= 11 is 1.14. The molecule has 1 fully saturated rings. The summed E-state index contributed by atoms with van der Waals surface area (Å²) in [6, 6.07) is 7.11. The molecule has 8 heteroatoms. The number of carbonyl (C=O) groups excluding carboxylic acids is 1. The number of anilines is 2. The van der Waals surface area contributed by atoms with E-state index in [1.54, 1.807) is 18.2 Å². The van der Waals surface area contributed by atoms with Crippen LogP contribution in [0, 0.1) is 5.92 Å². The van der Waals surface area contributed by atoms with Gasteiger partial charge in [-0.25, -0.2) is 9.97 Å². The largest absolute Gasteiger partial charge is 0.356 e. The molecule has 1 saturated heterocycles. The van der Waals surface area contributed by atoms with Crippen molar-refractivity contribution in [1.82, 2.24) is 18.7 Å². The van der Waals surface area contributed by atoms with Crippen LogP contribution in [0.15, 0.2) is 30.6 Å². The smallest absolute Gasteiger partial charge is 0.256 e. The molecule has 0 atom stereocenters. The third-order valence-electron chi connectivity index (χ3n) is 4.52. The maximum absolute atomic E-state index is 12.5. The summed E-state index contributed by atoms with van der Waals surface area (Å²) in [6.07, 6.45) is 3.82. The number of aromatic nitrogens is 4. The van der Waals surface area contributed by atoms with Crippen molar-refractivity contribution in [2.24, 2.45) is 5.92 Å². The van der Waals surface area contributed by atoms with Crippen molar-refractivity contribution in [3.63, 3.8) is 0 Å². The van der Waals surface area contributed by atoms with E-state index in [2.05, 4.69) is 35.9 Å². The van der Waals surface area contributed by atoms with E-state index in [4.69, 9.17) is 0 Å². The zero-order valence-electron chi connectivity index (χ0n) is 13.8. The highest BCUT2D eigenvalue weighted by molar-refractivity contribution is 7.00. The fourth-order valence-corrected chi connectivity index (χ4v) is 3.46. The second kappa shape index (κ2) is 6.72. The minimum Gasteiger partial charge on any atom is -0.356 e. The molecule has 1 N–H and O–H groups in total. The Labute approximate surface area is 149 Å². The summed E-state index contributed by atoms with van der Waals surface area (Å²) in [6.45, 7) is 4.25. The lowest BCUT2D eigenvalue weighted by atomic mass is 9.99. The first kappa shape index (κ1) is 15.9. The maximum Gasteiger partial charge on any atom is 0.256 e. The third kappa shape index (κ3) is 3.43. The van der Waals surface area contributed by atoms with E-state index in [9.17, 15) is 4.79 Å². The number of rotatable bonds is 3. The van der Waals surface area contributed by atoms with Crippen LogP contribution in [0.4, 0.5) is 11.6 Å². The summed E-state index contributed by atoms with van der Waals surface area (Å²) in [7, 11) is 0. The number of fused-ring (bicyclic) bond motifs is 1. The van der Waals surface area contributed by atoms with E-state index >= 15 is 0 Å². The fourth-order valence-electron chi connectivity index (χ4n) is 2.94. The van der Waals surface area contributed by atoms with Crippen LogP contribution in [0.25, 0.3) is 11.0 Å². The minimum atomic E-state index is -0.216. The van der Waals surface area contributed by atoms with Crippen LogP contribution in [-0.2, 0) is 0 Å². The van der Waals surface area contributed by atoms with Crippen LogP contribution in [0.5, 0.6) is 0 Å². The lowest BCUT2D eigenvalue weighted by Crippen LogP contribution is -2.33. The van der Waals surface area contributed by atoms with Crippen LogP contribution in [0.2, 0.25) is 0 Å². The topological polar surface area (TPSA) is 83.9 Å². The zero-order valence-corrected chi connectivity index (χ0v) is 14.7. The molecule has 1 aliphatic heterocycles. The minimum absolute atomic E-state index is 0.216. The Bertz CT molecular complexity index is 903. The van der Waals surface area contributed by atoms with Crippen LogP contribution >= 0.6 is 11.7 Å². The second-order valence-corrected chi connectivity index (χ2v) is 6.88. The lowest BCUT2D eigenvalue weighted by Gasteiger charge is -2.31. The number of hydrogen-bond acceptors (Lipinski definition) is 7. The Hall–Kier alpha value is -2.61. The molecule has 0 aliphatic carbocycles. The maximum atomic E-state index is 12.5. The van der Waals surface area contributed by atoms with Gasteiger partial charge in [-0.3, -0.25) is 4.79 Å². The van der Waals surface area contributed by atoms with Gasteiger partial charge in [0.2, 0.25) is 0 Å². The van der Waals surface area contributed by atoms with Gasteiger partial charge in [-0.2, -0.15) is 8.75 Å². The molecule has 2 aromatic heterocycles. The van der Waals surface area contributed by atoms with E-state index in [1.165, 1.54) is 6.33 Å². The number of piperidine rings is 1. The molecule has 0 spiro atoms. The first-order chi connectivity index (χ1) is 12.2. The number of nitrogens with one attached hydrogen (secondary N) is 1. The quantitative estimate of drug-likeness (QED) is 0.778. The predicted molar refractivity (Wildman–Crippen MR) is 98.0 cm³/mol. The highest BCUT2D eigenvalue weighted by Gasteiger charge is 2.18. The van der Waals surface area contributed by atoms with E-state index in [0.717, 1.165) is 60.4 Å². The van der Waals surface area contributed by atoms with Crippen molar-refractivity contribution in [3.05, 3.63) is 36.2 Å². The van der Waals surface area contributed by atoms with E-state index in [1.807, 2.05) is 6.07 Å². The van der Waals surface area contributed by atoms with Gasteiger partial charge in [0.15, 0.2) is 0 Å². The summed E-state index contributed by atoms with van der Waals surface area (Å²) in [5.41, 5.74) is 2.06. The molecule has 3 heterocycles. The molecule has 128 valence electrons. The van der Waals surface area contributed by atoms with E-state index in [-0.39, 0.29) is 5.91 Å². The summed E-state index contributed by atoms with van der Waals surface area (Å²) in [5.74, 6) is 1.90. The van der Waals surface area contributed by atoms with Gasteiger partial charge in [0.05, 0.1) is 11.7 Å². The standard InChI is InChI=1S/C17H18N6OS/c1-11-4-6-23(7-5-11)16-9-15(18-10-19-16)20-17(24)12-2-3-13-14(8-12)22-25-21-13/h2-3,8-11H,4-7H2,1H3,(H,18,19,20,24). The number of nitrogens with zero attached hydrogens (tertiary/aromatic N) is 5. The lowest BCUT2D eigenvalue weighted by molar-refractivity contribution is 0.102. The van der Waals surface area contributed by atoms with E-state index in [0.29, 0.717) is 11.4 Å². The monoisotopic (exact) mass is 354 g/mol. The SMILES string of the molecule is CC1CCN(c2cc(NC(=O)c3ccc4nsnc4c3)ncn2)CC1. The molecule has 0 unspecified atom stereocenters. The molecule has 1 amide bonds. The van der Waals surface area contributed by atoms with Crippen molar-refractivity contribution >= 4 is 40.3 Å². The molecular formula is C17H18N6OS. The van der Waals surface area contributed by atoms with Crippen LogP contribution in [0.3, 0.4) is 0 Å². The van der Waals surface area contributed by atoms with Gasteiger partial charge in [-0.05, 0) is 37.0 Å². The molecule has 25 heavy (non-hydrogen) atoms. The van der Waals surface area contributed by atoms with Crippen molar-refractivity contribution in [1.29, 1.82) is 0 Å². The van der Waals surface area contributed by atoms with Gasteiger partial charge >= 0.3 is 0 Å². The van der Waals surface area contributed by atoms with Crippen molar-refractivity contribution < 1.29 is 4.79 Å². The van der Waals surface area contributed by atoms with Crippen LogP contribution in [-0.4, -0.2) is 37.7 Å².